The molecule has 7 nitrogen and oxygen atoms in total. The molecule has 0 N–H and O–H groups in total. The molecule has 0 radical (unpaired) electrons. The third kappa shape index (κ3) is 5.54. The second-order valence-electron chi connectivity index (χ2n) is 8.65. The molecule has 0 aliphatic carbocycles. The summed E-state index contributed by atoms with van der Waals surface area (Å²) in [5.41, 5.74) is 3.03. The minimum Gasteiger partial charge on any atom is -0.491 e. The van der Waals surface area contributed by atoms with Crippen LogP contribution in [-0.4, -0.2) is 62.1 Å². The third-order valence-electron chi connectivity index (χ3n) is 6.51. The summed E-state index contributed by atoms with van der Waals surface area (Å²) < 4.78 is 16.4. The zero-order valence-electron chi connectivity index (χ0n) is 19.4. The fourth-order valence-corrected chi connectivity index (χ4v) is 4.66. The standard InChI is InChI=1S/C26H32N2O5/c1-31-24(20-6-4-3-5-7-20)25(29)28-14-15-33-23-9-8-19(16-22(23)18-28)17-27-12-10-21(11-13-27)26(30)32-2/h3-9,16,21,24H,10-15,17-18H2,1-2H3. The molecule has 1 amide bonds. The molecule has 2 aliphatic heterocycles. The molecule has 2 aliphatic rings. The number of hydrogen-bond acceptors (Lipinski definition) is 6. The molecule has 2 aromatic carbocycles. The van der Waals surface area contributed by atoms with Crippen molar-refractivity contribution in [1.82, 2.24) is 9.80 Å². The zero-order chi connectivity index (χ0) is 23.2. The Bertz CT molecular complexity index is 956. The fourth-order valence-electron chi connectivity index (χ4n) is 4.66. The average Bonchev–Trinajstić information content (AvgIpc) is 3.07. The van der Waals surface area contributed by atoms with Gasteiger partial charge in [-0.1, -0.05) is 36.4 Å². The number of ether oxygens (including phenoxy) is 3. The van der Waals surface area contributed by atoms with Gasteiger partial charge in [-0.25, -0.2) is 0 Å². The molecule has 0 spiro atoms. The van der Waals surface area contributed by atoms with Crippen LogP contribution in [0, 0.1) is 5.92 Å². The van der Waals surface area contributed by atoms with E-state index in [0.717, 1.165) is 49.4 Å². The quantitative estimate of drug-likeness (QED) is 0.627. The van der Waals surface area contributed by atoms with E-state index in [1.54, 1.807) is 7.11 Å². The second kappa shape index (κ2) is 10.8. The molecule has 0 aromatic heterocycles. The Morgan fingerprint density at radius 1 is 1.06 bits per heavy atom. The molecule has 1 atom stereocenters. The minimum absolute atomic E-state index is 0.00427. The monoisotopic (exact) mass is 452 g/mol. The van der Waals surface area contributed by atoms with E-state index in [1.807, 2.05) is 41.3 Å². The predicted octanol–water partition coefficient (Wildman–Crippen LogP) is 3.18. The molecule has 1 fully saturated rings. The molecule has 2 heterocycles. The minimum atomic E-state index is -0.632. The largest absolute Gasteiger partial charge is 0.491 e. The highest BCUT2D eigenvalue weighted by Crippen LogP contribution is 2.28. The van der Waals surface area contributed by atoms with Crippen molar-refractivity contribution in [1.29, 1.82) is 0 Å². The number of esters is 1. The molecule has 0 bridgehead atoms. The van der Waals surface area contributed by atoms with Crippen molar-refractivity contribution in [3.63, 3.8) is 0 Å². The van der Waals surface area contributed by atoms with Gasteiger partial charge in [-0.15, -0.1) is 0 Å². The molecular weight excluding hydrogens is 420 g/mol. The molecule has 1 saturated heterocycles. The van der Waals surface area contributed by atoms with Gasteiger partial charge < -0.3 is 19.1 Å². The lowest BCUT2D eigenvalue weighted by atomic mass is 9.96. The van der Waals surface area contributed by atoms with Gasteiger partial charge in [-0.2, -0.15) is 0 Å². The lowest BCUT2D eigenvalue weighted by molar-refractivity contribution is -0.147. The number of piperidine rings is 1. The van der Waals surface area contributed by atoms with Crippen LogP contribution in [0.15, 0.2) is 48.5 Å². The van der Waals surface area contributed by atoms with Crippen molar-refractivity contribution in [2.75, 3.05) is 40.5 Å². The summed E-state index contributed by atoms with van der Waals surface area (Å²) in [6.45, 7) is 3.98. The smallest absolute Gasteiger partial charge is 0.308 e. The van der Waals surface area contributed by atoms with E-state index < -0.39 is 6.10 Å². The number of nitrogens with zero attached hydrogens (tertiary/aromatic N) is 2. The van der Waals surface area contributed by atoms with Gasteiger partial charge in [-0.3, -0.25) is 14.5 Å². The second-order valence-corrected chi connectivity index (χ2v) is 8.65. The number of fused-ring (bicyclic) bond motifs is 1. The number of amides is 1. The highest BCUT2D eigenvalue weighted by molar-refractivity contribution is 5.82. The van der Waals surface area contributed by atoms with Crippen LogP contribution < -0.4 is 4.74 Å². The van der Waals surface area contributed by atoms with Crippen LogP contribution in [-0.2, 0) is 32.2 Å². The lowest BCUT2D eigenvalue weighted by Crippen LogP contribution is -2.37. The number of benzene rings is 2. The van der Waals surface area contributed by atoms with E-state index in [-0.39, 0.29) is 17.8 Å². The van der Waals surface area contributed by atoms with Crippen LogP contribution in [0.4, 0.5) is 0 Å². The number of rotatable bonds is 6. The maximum absolute atomic E-state index is 13.3. The summed E-state index contributed by atoms with van der Waals surface area (Å²) in [5, 5.41) is 0. The Labute approximate surface area is 195 Å². The first-order chi connectivity index (χ1) is 16.1. The number of likely N-dealkylation sites (tertiary alicyclic amines) is 1. The summed E-state index contributed by atoms with van der Waals surface area (Å²) in [6, 6.07) is 15.8. The van der Waals surface area contributed by atoms with Gasteiger partial charge in [0.25, 0.3) is 5.91 Å². The van der Waals surface area contributed by atoms with Crippen LogP contribution in [0.3, 0.4) is 0 Å². The first-order valence-corrected chi connectivity index (χ1v) is 11.5. The summed E-state index contributed by atoms with van der Waals surface area (Å²) in [5.74, 6) is 0.665. The van der Waals surface area contributed by atoms with E-state index >= 15 is 0 Å². The summed E-state index contributed by atoms with van der Waals surface area (Å²) in [6.07, 6.45) is 1.01. The highest BCUT2D eigenvalue weighted by Gasteiger charge is 2.29. The fraction of sp³-hybridized carbons (Fsp3) is 0.462. The maximum Gasteiger partial charge on any atom is 0.308 e. The van der Waals surface area contributed by atoms with Crippen LogP contribution in [0.2, 0.25) is 0 Å². The van der Waals surface area contributed by atoms with Crippen molar-refractivity contribution in [3.8, 4) is 5.75 Å². The topological polar surface area (TPSA) is 68.3 Å². The summed E-state index contributed by atoms with van der Waals surface area (Å²) in [4.78, 5) is 29.3. The van der Waals surface area contributed by atoms with E-state index in [9.17, 15) is 9.59 Å². The van der Waals surface area contributed by atoms with Crippen molar-refractivity contribution in [2.24, 2.45) is 5.92 Å². The van der Waals surface area contributed by atoms with Gasteiger partial charge >= 0.3 is 5.97 Å². The number of hydrogen-bond donors (Lipinski definition) is 0. The van der Waals surface area contributed by atoms with Crippen molar-refractivity contribution >= 4 is 11.9 Å². The summed E-state index contributed by atoms with van der Waals surface area (Å²) >= 11 is 0. The zero-order valence-corrected chi connectivity index (χ0v) is 19.4. The van der Waals surface area contributed by atoms with Gasteiger partial charge in [-0.05, 0) is 49.2 Å². The highest BCUT2D eigenvalue weighted by atomic mass is 16.5. The molecule has 0 saturated carbocycles. The Morgan fingerprint density at radius 3 is 2.52 bits per heavy atom. The van der Waals surface area contributed by atoms with E-state index in [2.05, 4.69) is 17.0 Å². The first-order valence-electron chi connectivity index (χ1n) is 11.5. The Morgan fingerprint density at radius 2 is 1.82 bits per heavy atom. The molecule has 1 unspecified atom stereocenters. The van der Waals surface area contributed by atoms with Crippen LogP contribution in [0.5, 0.6) is 5.75 Å². The van der Waals surface area contributed by atoms with E-state index in [0.29, 0.717) is 19.7 Å². The molecule has 33 heavy (non-hydrogen) atoms. The van der Waals surface area contributed by atoms with Crippen LogP contribution in [0.1, 0.15) is 35.6 Å². The summed E-state index contributed by atoms with van der Waals surface area (Å²) in [7, 11) is 3.02. The van der Waals surface area contributed by atoms with Crippen molar-refractivity contribution < 1.29 is 23.8 Å². The van der Waals surface area contributed by atoms with Gasteiger partial charge in [0.1, 0.15) is 12.4 Å². The van der Waals surface area contributed by atoms with E-state index in [1.165, 1.54) is 12.7 Å². The number of carbonyl (C=O) groups is 2. The normalized spacial score (nSPS) is 18.1. The predicted molar refractivity (Wildman–Crippen MR) is 124 cm³/mol. The average molecular weight is 453 g/mol. The van der Waals surface area contributed by atoms with Crippen molar-refractivity contribution in [3.05, 3.63) is 65.2 Å². The van der Waals surface area contributed by atoms with Crippen molar-refractivity contribution in [2.45, 2.75) is 32.0 Å². The third-order valence-corrected chi connectivity index (χ3v) is 6.51. The molecule has 4 rings (SSSR count). The lowest BCUT2D eigenvalue weighted by Gasteiger charge is -2.30. The molecule has 7 heteroatoms. The first kappa shape index (κ1) is 23.3. The Balaban J connectivity index is 1.43. The number of carbonyl (C=O) groups excluding carboxylic acids is 2. The number of methoxy groups -OCH3 is 2. The maximum atomic E-state index is 13.3. The van der Waals surface area contributed by atoms with E-state index in [4.69, 9.17) is 14.2 Å². The Hall–Kier alpha value is -2.90. The molecule has 176 valence electrons. The van der Waals surface area contributed by atoms with Gasteiger partial charge in [0.05, 0.1) is 19.6 Å². The van der Waals surface area contributed by atoms with Crippen LogP contribution in [0.25, 0.3) is 0 Å². The molecule has 2 aromatic rings. The van der Waals surface area contributed by atoms with Crippen LogP contribution >= 0.6 is 0 Å². The van der Waals surface area contributed by atoms with Gasteiger partial charge in [0.2, 0.25) is 0 Å². The SMILES string of the molecule is COC(=O)C1CCN(Cc2ccc3c(c2)CN(C(=O)C(OC)c2ccccc2)CCO3)CC1. The Kier molecular flexibility index (Phi) is 7.62. The molecular formula is C26H32N2O5. The van der Waals surface area contributed by atoms with Gasteiger partial charge in [0, 0.05) is 25.8 Å². The van der Waals surface area contributed by atoms with Gasteiger partial charge in [0.15, 0.2) is 6.10 Å².